The number of hydrogen-bond donors (Lipinski definition) is 1. The standard InChI is InChI=1S/C13H20N2/c1-12-4-6-13(7-5-12)15-10-2-8-14-9-3-11-15/h4-7,14H,2-3,8-11H2,1H3. The van der Waals surface area contributed by atoms with Crippen molar-refractivity contribution < 1.29 is 0 Å². The summed E-state index contributed by atoms with van der Waals surface area (Å²) < 4.78 is 0. The molecule has 2 rings (SSSR count). The second-order valence-electron chi connectivity index (χ2n) is 4.28. The highest BCUT2D eigenvalue weighted by atomic mass is 15.1. The molecule has 0 amide bonds. The van der Waals surface area contributed by atoms with E-state index in [1.165, 1.54) is 37.2 Å². The Morgan fingerprint density at radius 1 is 1.00 bits per heavy atom. The van der Waals surface area contributed by atoms with Crippen molar-refractivity contribution in [1.29, 1.82) is 0 Å². The van der Waals surface area contributed by atoms with E-state index in [4.69, 9.17) is 0 Å². The lowest BCUT2D eigenvalue weighted by Gasteiger charge is -2.27. The average molecular weight is 204 g/mol. The molecular weight excluding hydrogens is 184 g/mol. The van der Waals surface area contributed by atoms with Crippen LogP contribution in [0.25, 0.3) is 0 Å². The molecule has 1 heterocycles. The summed E-state index contributed by atoms with van der Waals surface area (Å²) in [4.78, 5) is 2.50. The molecule has 0 saturated carbocycles. The van der Waals surface area contributed by atoms with Gasteiger partial charge in [0, 0.05) is 18.8 Å². The molecule has 0 unspecified atom stereocenters. The van der Waals surface area contributed by atoms with Gasteiger partial charge in [-0.3, -0.25) is 0 Å². The van der Waals surface area contributed by atoms with E-state index in [9.17, 15) is 0 Å². The molecule has 1 saturated heterocycles. The zero-order valence-electron chi connectivity index (χ0n) is 9.50. The molecule has 1 aliphatic heterocycles. The number of rotatable bonds is 1. The molecule has 1 aliphatic rings. The smallest absolute Gasteiger partial charge is 0.0366 e. The molecule has 15 heavy (non-hydrogen) atoms. The van der Waals surface area contributed by atoms with E-state index < -0.39 is 0 Å². The first-order valence-corrected chi connectivity index (χ1v) is 5.88. The molecule has 1 aromatic carbocycles. The van der Waals surface area contributed by atoms with Gasteiger partial charge in [-0.1, -0.05) is 17.7 Å². The number of anilines is 1. The van der Waals surface area contributed by atoms with Crippen LogP contribution in [0.5, 0.6) is 0 Å². The van der Waals surface area contributed by atoms with E-state index in [0.29, 0.717) is 0 Å². The molecule has 82 valence electrons. The molecule has 2 nitrogen and oxygen atoms in total. The summed E-state index contributed by atoms with van der Waals surface area (Å²) in [6, 6.07) is 8.88. The van der Waals surface area contributed by atoms with Gasteiger partial charge in [0.25, 0.3) is 0 Å². The van der Waals surface area contributed by atoms with Gasteiger partial charge in [-0.25, -0.2) is 0 Å². The maximum atomic E-state index is 3.44. The van der Waals surface area contributed by atoms with E-state index >= 15 is 0 Å². The average Bonchev–Trinajstić information content (AvgIpc) is 2.19. The normalized spacial score (nSPS) is 18.3. The number of benzene rings is 1. The van der Waals surface area contributed by atoms with E-state index in [1.54, 1.807) is 0 Å². The quantitative estimate of drug-likeness (QED) is 0.754. The fraction of sp³-hybridized carbons (Fsp3) is 0.538. The van der Waals surface area contributed by atoms with Crippen molar-refractivity contribution in [2.45, 2.75) is 19.8 Å². The molecule has 0 radical (unpaired) electrons. The minimum atomic E-state index is 1.16. The van der Waals surface area contributed by atoms with Gasteiger partial charge in [-0.05, 0) is 45.0 Å². The third kappa shape index (κ3) is 2.96. The van der Waals surface area contributed by atoms with Crippen molar-refractivity contribution in [3.8, 4) is 0 Å². The number of nitrogens with one attached hydrogen (secondary N) is 1. The Morgan fingerprint density at radius 2 is 1.60 bits per heavy atom. The topological polar surface area (TPSA) is 15.3 Å². The van der Waals surface area contributed by atoms with Gasteiger partial charge in [0.1, 0.15) is 0 Å². The van der Waals surface area contributed by atoms with Crippen LogP contribution >= 0.6 is 0 Å². The maximum absolute atomic E-state index is 3.44. The Labute approximate surface area is 92.3 Å². The molecule has 0 bridgehead atoms. The first kappa shape index (κ1) is 10.5. The number of hydrogen-bond acceptors (Lipinski definition) is 2. The van der Waals surface area contributed by atoms with Crippen LogP contribution in [-0.4, -0.2) is 26.2 Å². The first-order chi connectivity index (χ1) is 7.36. The summed E-state index contributed by atoms with van der Waals surface area (Å²) in [7, 11) is 0. The van der Waals surface area contributed by atoms with Gasteiger partial charge in [0.05, 0.1) is 0 Å². The van der Waals surface area contributed by atoms with Crippen LogP contribution in [0.2, 0.25) is 0 Å². The third-order valence-corrected chi connectivity index (χ3v) is 2.96. The summed E-state index contributed by atoms with van der Waals surface area (Å²) in [5, 5.41) is 3.44. The van der Waals surface area contributed by atoms with E-state index in [-0.39, 0.29) is 0 Å². The second-order valence-corrected chi connectivity index (χ2v) is 4.28. The Balaban J connectivity index is 2.03. The number of aryl methyl sites for hydroxylation is 1. The zero-order chi connectivity index (χ0) is 10.5. The van der Waals surface area contributed by atoms with E-state index in [1.807, 2.05) is 0 Å². The Kier molecular flexibility index (Phi) is 3.62. The summed E-state index contributed by atoms with van der Waals surface area (Å²) >= 11 is 0. The summed E-state index contributed by atoms with van der Waals surface area (Å²) in [5.74, 6) is 0. The molecular formula is C13H20N2. The Bertz CT molecular complexity index is 284. The minimum absolute atomic E-state index is 1.16. The molecule has 2 heteroatoms. The van der Waals surface area contributed by atoms with Gasteiger partial charge in [-0.15, -0.1) is 0 Å². The summed E-state index contributed by atoms with van der Waals surface area (Å²) in [5.41, 5.74) is 2.72. The van der Waals surface area contributed by atoms with Crippen LogP contribution < -0.4 is 10.2 Å². The Morgan fingerprint density at radius 3 is 2.20 bits per heavy atom. The maximum Gasteiger partial charge on any atom is 0.0366 e. The van der Waals surface area contributed by atoms with Crippen LogP contribution in [0.15, 0.2) is 24.3 Å². The highest BCUT2D eigenvalue weighted by Gasteiger charge is 2.07. The monoisotopic (exact) mass is 204 g/mol. The van der Waals surface area contributed by atoms with Crippen molar-refractivity contribution in [2.24, 2.45) is 0 Å². The molecule has 1 fully saturated rings. The zero-order valence-corrected chi connectivity index (χ0v) is 9.50. The molecule has 0 aromatic heterocycles. The van der Waals surface area contributed by atoms with Crippen molar-refractivity contribution >= 4 is 5.69 Å². The van der Waals surface area contributed by atoms with Gasteiger partial charge in [0.15, 0.2) is 0 Å². The minimum Gasteiger partial charge on any atom is -0.371 e. The van der Waals surface area contributed by atoms with Gasteiger partial charge < -0.3 is 10.2 Å². The van der Waals surface area contributed by atoms with Crippen molar-refractivity contribution in [3.05, 3.63) is 29.8 Å². The lowest BCUT2D eigenvalue weighted by Crippen LogP contribution is -2.33. The predicted molar refractivity (Wildman–Crippen MR) is 65.5 cm³/mol. The number of nitrogens with zero attached hydrogens (tertiary/aromatic N) is 1. The van der Waals surface area contributed by atoms with Crippen molar-refractivity contribution in [3.63, 3.8) is 0 Å². The molecule has 0 aliphatic carbocycles. The van der Waals surface area contributed by atoms with Crippen molar-refractivity contribution in [1.82, 2.24) is 5.32 Å². The Hall–Kier alpha value is -1.02. The van der Waals surface area contributed by atoms with E-state index in [2.05, 4.69) is 41.4 Å². The van der Waals surface area contributed by atoms with Crippen LogP contribution in [0.1, 0.15) is 18.4 Å². The van der Waals surface area contributed by atoms with Crippen LogP contribution in [-0.2, 0) is 0 Å². The highest BCUT2D eigenvalue weighted by Crippen LogP contribution is 2.16. The fourth-order valence-electron chi connectivity index (χ4n) is 2.04. The SMILES string of the molecule is Cc1ccc(N2CCCNCCC2)cc1. The largest absolute Gasteiger partial charge is 0.371 e. The predicted octanol–water partition coefficient (Wildman–Crippen LogP) is 2.18. The van der Waals surface area contributed by atoms with Gasteiger partial charge in [0.2, 0.25) is 0 Å². The summed E-state index contributed by atoms with van der Waals surface area (Å²) in [6.07, 6.45) is 2.49. The van der Waals surface area contributed by atoms with Crippen LogP contribution in [0.4, 0.5) is 5.69 Å². The first-order valence-electron chi connectivity index (χ1n) is 5.88. The second kappa shape index (κ2) is 5.17. The van der Waals surface area contributed by atoms with Crippen LogP contribution in [0.3, 0.4) is 0 Å². The molecule has 0 spiro atoms. The third-order valence-electron chi connectivity index (χ3n) is 2.96. The fourth-order valence-corrected chi connectivity index (χ4v) is 2.04. The molecule has 1 N–H and O–H groups in total. The lowest BCUT2D eigenvalue weighted by atomic mass is 10.2. The highest BCUT2D eigenvalue weighted by molar-refractivity contribution is 5.47. The lowest BCUT2D eigenvalue weighted by molar-refractivity contribution is 0.567. The van der Waals surface area contributed by atoms with E-state index in [0.717, 1.165) is 13.1 Å². The van der Waals surface area contributed by atoms with Gasteiger partial charge in [-0.2, -0.15) is 0 Å². The summed E-state index contributed by atoms with van der Waals surface area (Å²) in [6.45, 7) is 6.80. The molecule has 1 aromatic rings. The molecule has 0 atom stereocenters. The van der Waals surface area contributed by atoms with Gasteiger partial charge >= 0.3 is 0 Å². The van der Waals surface area contributed by atoms with Crippen LogP contribution in [0, 0.1) is 6.92 Å². The van der Waals surface area contributed by atoms with Crippen molar-refractivity contribution in [2.75, 3.05) is 31.1 Å².